The number of ether oxygens (including phenoxy) is 1. The van der Waals surface area contributed by atoms with E-state index in [1.54, 1.807) is 6.07 Å². The van der Waals surface area contributed by atoms with Crippen molar-refractivity contribution in [2.75, 3.05) is 13.2 Å². The number of hydrogen-bond donors (Lipinski definition) is 1. The van der Waals surface area contributed by atoms with Gasteiger partial charge in [-0.2, -0.15) is 0 Å². The maximum Gasteiger partial charge on any atom is 0.127 e. The summed E-state index contributed by atoms with van der Waals surface area (Å²) in [5.41, 5.74) is 2.05. The highest BCUT2D eigenvalue weighted by molar-refractivity contribution is 6.36. The molecular formula is C12H14Cl2FNO. The van der Waals surface area contributed by atoms with Crippen LogP contribution in [0.3, 0.4) is 0 Å². The van der Waals surface area contributed by atoms with Gasteiger partial charge in [-0.25, -0.2) is 4.39 Å². The molecule has 0 fully saturated rings. The molecule has 94 valence electrons. The van der Waals surface area contributed by atoms with E-state index in [2.05, 4.69) is 5.32 Å². The molecule has 1 N–H and O–H groups in total. The van der Waals surface area contributed by atoms with Crippen LogP contribution in [0.4, 0.5) is 4.39 Å². The minimum atomic E-state index is -0.332. The number of halogens is 3. The van der Waals surface area contributed by atoms with Gasteiger partial charge in [-0.3, -0.25) is 0 Å². The van der Waals surface area contributed by atoms with Gasteiger partial charge in [0.05, 0.1) is 5.03 Å². The molecule has 1 aromatic rings. The summed E-state index contributed by atoms with van der Waals surface area (Å²) in [6.07, 6.45) is 0. The van der Waals surface area contributed by atoms with Crippen molar-refractivity contribution in [2.24, 2.45) is 0 Å². The summed E-state index contributed by atoms with van der Waals surface area (Å²) in [6, 6.07) is 4.55. The second-order valence-electron chi connectivity index (χ2n) is 3.42. The van der Waals surface area contributed by atoms with Crippen LogP contribution in [0.2, 0.25) is 0 Å². The summed E-state index contributed by atoms with van der Waals surface area (Å²) in [5, 5.41) is 3.48. The van der Waals surface area contributed by atoms with E-state index in [0.717, 1.165) is 12.1 Å². The Morgan fingerprint density at radius 3 is 2.88 bits per heavy atom. The molecule has 0 unspecified atom stereocenters. The minimum Gasteiger partial charge on any atom is -0.488 e. The average molecular weight is 278 g/mol. The summed E-state index contributed by atoms with van der Waals surface area (Å²) < 4.78 is 18.6. The molecule has 0 atom stereocenters. The van der Waals surface area contributed by atoms with Crippen molar-refractivity contribution >= 4 is 23.2 Å². The second kappa shape index (κ2) is 7.54. The van der Waals surface area contributed by atoms with Crippen molar-refractivity contribution < 1.29 is 9.13 Å². The van der Waals surface area contributed by atoms with Gasteiger partial charge >= 0.3 is 0 Å². The smallest absolute Gasteiger partial charge is 0.127 e. The molecule has 0 aliphatic carbocycles. The van der Waals surface area contributed by atoms with Crippen LogP contribution in [0, 0.1) is 5.82 Å². The van der Waals surface area contributed by atoms with Crippen LogP contribution in [-0.4, -0.2) is 13.2 Å². The van der Waals surface area contributed by atoms with E-state index < -0.39 is 0 Å². The molecule has 0 aliphatic rings. The molecule has 5 heteroatoms. The topological polar surface area (TPSA) is 21.3 Å². The fraction of sp³-hybridized carbons (Fsp3) is 0.333. The Balaban J connectivity index is 2.68. The standard InChI is InChI=1S/C12H14Cl2FNO/c1-2-16-7-9-3-11(15)5-12(4-9)17-8-10(14)6-13/h3-6,16H,2,7-8H2,1H3/b10-6-. The third-order valence-corrected chi connectivity index (χ3v) is 2.60. The molecule has 0 bridgehead atoms. The highest BCUT2D eigenvalue weighted by Gasteiger charge is 2.02. The SMILES string of the molecule is CCNCc1cc(F)cc(OC/C(Cl)=C/Cl)c1. The highest BCUT2D eigenvalue weighted by Crippen LogP contribution is 2.18. The quantitative estimate of drug-likeness (QED) is 0.857. The third-order valence-electron chi connectivity index (χ3n) is 2.01. The van der Waals surface area contributed by atoms with Crippen LogP contribution in [0.5, 0.6) is 5.75 Å². The molecular weight excluding hydrogens is 264 g/mol. The predicted molar refractivity (Wildman–Crippen MR) is 69.1 cm³/mol. The summed E-state index contributed by atoms with van der Waals surface area (Å²) in [4.78, 5) is 0. The maximum absolute atomic E-state index is 13.3. The van der Waals surface area contributed by atoms with Crippen LogP contribution >= 0.6 is 23.2 Å². The number of rotatable bonds is 6. The van der Waals surface area contributed by atoms with E-state index in [1.165, 1.54) is 17.7 Å². The first-order valence-electron chi connectivity index (χ1n) is 5.23. The van der Waals surface area contributed by atoms with Gasteiger partial charge in [0.1, 0.15) is 18.2 Å². The van der Waals surface area contributed by atoms with Gasteiger partial charge in [-0.1, -0.05) is 30.1 Å². The number of nitrogens with one attached hydrogen (secondary N) is 1. The molecule has 0 aliphatic heterocycles. The third kappa shape index (κ3) is 5.39. The van der Waals surface area contributed by atoms with Crippen molar-refractivity contribution in [2.45, 2.75) is 13.5 Å². The lowest BCUT2D eigenvalue weighted by Crippen LogP contribution is -2.12. The first-order chi connectivity index (χ1) is 8.15. The first-order valence-corrected chi connectivity index (χ1v) is 6.05. The lowest BCUT2D eigenvalue weighted by molar-refractivity contribution is 0.356. The first kappa shape index (κ1) is 14.3. The zero-order valence-electron chi connectivity index (χ0n) is 9.47. The lowest BCUT2D eigenvalue weighted by Gasteiger charge is -2.08. The Hall–Kier alpha value is -0.770. The van der Waals surface area contributed by atoms with E-state index in [0.29, 0.717) is 17.3 Å². The predicted octanol–water partition coefficient (Wildman–Crippen LogP) is 3.63. The van der Waals surface area contributed by atoms with Crippen molar-refractivity contribution in [3.8, 4) is 5.75 Å². The molecule has 1 aromatic carbocycles. The fourth-order valence-electron chi connectivity index (χ4n) is 1.26. The van der Waals surface area contributed by atoms with E-state index in [4.69, 9.17) is 27.9 Å². The van der Waals surface area contributed by atoms with Crippen molar-refractivity contribution in [1.82, 2.24) is 5.32 Å². The molecule has 2 nitrogen and oxygen atoms in total. The second-order valence-corrected chi connectivity index (χ2v) is 4.12. The summed E-state index contributed by atoms with van der Waals surface area (Å²) in [7, 11) is 0. The van der Waals surface area contributed by atoms with Crippen molar-refractivity contribution in [3.63, 3.8) is 0 Å². The van der Waals surface area contributed by atoms with Gasteiger partial charge in [0.2, 0.25) is 0 Å². The molecule has 17 heavy (non-hydrogen) atoms. The monoisotopic (exact) mass is 277 g/mol. The highest BCUT2D eigenvalue weighted by atomic mass is 35.5. The van der Waals surface area contributed by atoms with Gasteiger partial charge in [-0.15, -0.1) is 0 Å². The van der Waals surface area contributed by atoms with E-state index in [9.17, 15) is 4.39 Å². The van der Waals surface area contributed by atoms with Gasteiger partial charge in [0.25, 0.3) is 0 Å². The molecule has 0 saturated heterocycles. The summed E-state index contributed by atoms with van der Waals surface area (Å²) in [5.74, 6) is 0.107. The van der Waals surface area contributed by atoms with Gasteiger partial charge in [-0.05, 0) is 24.2 Å². The molecule has 0 radical (unpaired) electrons. The number of hydrogen-bond acceptors (Lipinski definition) is 2. The summed E-state index contributed by atoms with van der Waals surface area (Å²) >= 11 is 11.1. The molecule has 0 saturated carbocycles. The normalized spacial score (nSPS) is 11.6. The van der Waals surface area contributed by atoms with Crippen LogP contribution in [0.1, 0.15) is 12.5 Å². The molecule has 0 spiro atoms. The minimum absolute atomic E-state index is 0.134. The van der Waals surface area contributed by atoms with E-state index in [-0.39, 0.29) is 12.4 Å². The average Bonchev–Trinajstić information content (AvgIpc) is 2.32. The van der Waals surface area contributed by atoms with Gasteiger partial charge in [0.15, 0.2) is 0 Å². The van der Waals surface area contributed by atoms with Gasteiger partial charge < -0.3 is 10.1 Å². The lowest BCUT2D eigenvalue weighted by atomic mass is 10.2. The Bertz CT molecular complexity index is 396. The van der Waals surface area contributed by atoms with Crippen molar-refractivity contribution in [1.29, 1.82) is 0 Å². The van der Waals surface area contributed by atoms with Crippen molar-refractivity contribution in [3.05, 3.63) is 40.1 Å². The Morgan fingerprint density at radius 1 is 1.47 bits per heavy atom. The zero-order chi connectivity index (χ0) is 12.7. The van der Waals surface area contributed by atoms with Crippen LogP contribution in [-0.2, 0) is 6.54 Å². The van der Waals surface area contributed by atoms with Crippen LogP contribution in [0.15, 0.2) is 28.8 Å². The molecule has 0 heterocycles. The Kier molecular flexibility index (Phi) is 6.34. The largest absolute Gasteiger partial charge is 0.488 e. The summed E-state index contributed by atoms with van der Waals surface area (Å²) in [6.45, 7) is 3.55. The molecule has 0 aromatic heterocycles. The Labute approximate surface area is 110 Å². The van der Waals surface area contributed by atoms with E-state index >= 15 is 0 Å². The Morgan fingerprint density at radius 2 is 2.24 bits per heavy atom. The zero-order valence-corrected chi connectivity index (χ0v) is 11.0. The molecule has 1 rings (SSSR count). The van der Waals surface area contributed by atoms with E-state index in [1.807, 2.05) is 6.92 Å². The number of benzene rings is 1. The maximum atomic E-state index is 13.3. The molecule has 0 amide bonds. The van der Waals surface area contributed by atoms with Crippen LogP contribution in [0.25, 0.3) is 0 Å². The van der Waals surface area contributed by atoms with Crippen LogP contribution < -0.4 is 10.1 Å². The van der Waals surface area contributed by atoms with Gasteiger partial charge in [0, 0.05) is 18.1 Å². The fourth-order valence-corrected chi connectivity index (χ4v) is 1.38.